The minimum atomic E-state index is -0.657. The molecule has 2 fully saturated rings. The molecular weight excluding hydrogens is 318 g/mol. The van der Waals surface area contributed by atoms with E-state index in [2.05, 4.69) is 5.16 Å². The number of nitrogens with zero attached hydrogens (tertiary/aromatic N) is 2. The summed E-state index contributed by atoms with van der Waals surface area (Å²) in [7, 11) is 1.70. The maximum absolute atomic E-state index is 12.7. The van der Waals surface area contributed by atoms with Crippen LogP contribution in [0, 0.1) is 12.8 Å². The maximum atomic E-state index is 12.7. The van der Waals surface area contributed by atoms with Crippen LogP contribution in [0.25, 0.3) is 0 Å². The molecule has 1 saturated heterocycles. The quantitative estimate of drug-likeness (QED) is 0.899. The third-order valence-corrected chi connectivity index (χ3v) is 5.03. The Labute approximate surface area is 143 Å². The third-order valence-electron chi connectivity index (χ3n) is 5.03. The Kier molecular flexibility index (Phi) is 5.70. The molecule has 0 bridgehead atoms. The molecule has 2 aliphatic rings. The Hall–Kier alpha value is -1.11. The van der Waals surface area contributed by atoms with E-state index < -0.39 is 5.54 Å². The Balaban J connectivity index is 0.00000192. The van der Waals surface area contributed by atoms with E-state index >= 15 is 0 Å². The fourth-order valence-corrected chi connectivity index (χ4v) is 3.78. The van der Waals surface area contributed by atoms with Crippen molar-refractivity contribution >= 4 is 18.3 Å². The monoisotopic (exact) mass is 343 g/mol. The van der Waals surface area contributed by atoms with Crippen LogP contribution in [0.1, 0.15) is 37.1 Å². The van der Waals surface area contributed by atoms with Gasteiger partial charge in [0.1, 0.15) is 5.76 Å². The summed E-state index contributed by atoms with van der Waals surface area (Å²) in [4.78, 5) is 14.6. The van der Waals surface area contributed by atoms with Gasteiger partial charge in [0.25, 0.3) is 0 Å². The van der Waals surface area contributed by atoms with Crippen LogP contribution in [0.15, 0.2) is 10.6 Å². The molecule has 130 valence electrons. The summed E-state index contributed by atoms with van der Waals surface area (Å²) < 4.78 is 10.9. The number of aryl methyl sites for hydroxylation is 1. The predicted molar refractivity (Wildman–Crippen MR) is 88.4 cm³/mol. The van der Waals surface area contributed by atoms with Gasteiger partial charge in [-0.05, 0) is 19.8 Å². The lowest BCUT2D eigenvalue weighted by Gasteiger charge is -2.28. The maximum Gasteiger partial charge on any atom is 0.242 e. The molecular formula is C16H26ClN3O3. The van der Waals surface area contributed by atoms with Gasteiger partial charge in [0.05, 0.1) is 17.3 Å². The summed E-state index contributed by atoms with van der Waals surface area (Å²) in [5, 5.41) is 3.92. The van der Waals surface area contributed by atoms with Crippen molar-refractivity contribution in [3.63, 3.8) is 0 Å². The van der Waals surface area contributed by atoms with E-state index in [4.69, 9.17) is 15.0 Å². The zero-order chi connectivity index (χ0) is 15.7. The van der Waals surface area contributed by atoms with E-state index in [9.17, 15) is 4.79 Å². The van der Waals surface area contributed by atoms with Gasteiger partial charge in [0, 0.05) is 38.6 Å². The number of methoxy groups -OCH3 is 1. The molecule has 3 rings (SSSR count). The highest BCUT2D eigenvalue weighted by Gasteiger charge is 2.44. The number of rotatable bonds is 4. The fourth-order valence-electron chi connectivity index (χ4n) is 3.78. The number of amides is 1. The van der Waals surface area contributed by atoms with Crippen molar-refractivity contribution in [3.8, 4) is 0 Å². The molecule has 2 N–H and O–H groups in total. The molecule has 0 radical (unpaired) electrons. The first-order valence-electron chi connectivity index (χ1n) is 8.05. The largest absolute Gasteiger partial charge is 0.379 e. The van der Waals surface area contributed by atoms with E-state index in [0.717, 1.165) is 43.6 Å². The van der Waals surface area contributed by atoms with Crippen molar-refractivity contribution in [2.45, 2.75) is 50.7 Å². The molecule has 1 amide bonds. The zero-order valence-electron chi connectivity index (χ0n) is 13.8. The molecule has 23 heavy (non-hydrogen) atoms. The van der Waals surface area contributed by atoms with E-state index in [1.165, 1.54) is 0 Å². The summed E-state index contributed by atoms with van der Waals surface area (Å²) >= 11 is 0. The minimum Gasteiger partial charge on any atom is -0.379 e. The molecule has 6 nitrogen and oxygen atoms in total. The number of likely N-dealkylation sites (tertiary alicyclic amines) is 1. The minimum absolute atomic E-state index is 0. The Bertz CT molecular complexity index is 542. The molecule has 0 spiro atoms. The van der Waals surface area contributed by atoms with Crippen LogP contribution in [0.3, 0.4) is 0 Å². The number of hydrogen-bond donors (Lipinski definition) is 1. The molecule has 2 atom stereocenters. The standard InChI is InChI=1S/C16H25N3O3.ClH/c1-11-7-13(22-18-11)8-12-9-19(10-14(12)21-2)15(20)16(17)5-3-4-6-16;/h7,12,14H,3-6,8-10,17H2,1-2H3;1H/t12-,14+;/m1./s1. The molecule has 0 aromatic carbocycles. The average molecular weight is 344 g/mol. The smallest absolute Gasteiger partial charge is 0.242 e. The van der Waals surface area contributed by atoms with Gasteiger partial charge in [-0.2, -0.15) is 0 Å². The topological polar surface area (TPSA) is 81.6 Å². The Morgan fingerprint density at radius 2 is 2.17 bits per heavy atom. The third kappa shape index (κ3) is 3.70. The first kappa shape index (κ1) is 18.2. The van der Waals surface area contributed by atoms with Crippen LogP contribution in [-0.2, 0) is 16.0 Å². The van der Waals surface area contributed by atoms with Gasteiger partial charge in [0.2, 0.25) is 5.91 Å². The van der Waals surface area contributed by atoms with Gasteiger partial charge < -0.3 is 19.9 Å². The van der Waals surface area contributed by atoms with Crippen LogP contribution in [0.4, 0.5) is 0 Å². The summed E-state index contributed by atoms with van der Waals surface area (Å²) in [5.74, 6) is 1.16. The fraction of sp³-hybridized carbons (Fsp3) is 0.750. The van der Waals surface area contributed by atoms with E-state index in [-0.39, 0.29) is 30.3 Å². The van der Waals surface area contributed by atoms with Crippen LogP contribution >= 0.6 is 12.4 Å². The number of ether oxygens (including phenoxy) is 1. The second-order valence-electron chi connectivity index (χ2n) is 6.75. The van der Waals surface area contributed by atoms with Crippen molar-refractivity contribution in [2.75, 3.05) is 20.2 Å². The normalized spacial score (nSPS) is 26.3. The molecule has 0 unspecified atom stereocenters. The molecule has 1 saturated carbocycles. The predicted octanol–water partition coefficient (Wildman–Crippen LogP) is 1.69. The molecule has 1 aliphatic carbocycles. The molecule has 1 aromatic heterocycles. The second-order valence-corrected chi connectivity index (χ2v) is 6.75. The lowest BCUT2D eigenvalue weighted by Crippen LogP contribution is -2.53. The lowest BCUT2D eigenvalue weighted by atomic mass is 9.97. The summed E-state index contributed by atoms with van der Waals surface area (Å²) in [5.41, 5.74) is 6.53. The number of nitrogens with two attached hydrogens (primary N) is 1. The summed E-state index contributed by atoms with van der Waals surface area (Å²) in [6.45, 7) is 3.20. The highest BCUT2D eigenvalue weighted by atomic mass is 35.5. The zero-order valence-corrected chi connectivity index (χ0v) is 14.6. The van der Waals surface area contributed by atoms with Crippen molar-refractivity contribution in [1.29, 1.82) is 0 Å². The van der Waals surface area contributed by atoms with Crippen LogP contribution in [-0.4, -0.2) is 47.8 Å². The van der Waals surface area contributed by atoms with Crippen LogP contribution < -0.4 is 5.73 Å². The molecule has 7 heteroatoms. The number of carbonyl (C=O) groups excluding carboxylic acids is 1. The van der Waals surface area contributed by atoms with Gasteiger partial charge in [-0.25, -0.2) is 0 Å². The van der Waals surface area contributed by atoms with Crippen molar-refractivity contribution in [2.24, 2.45) is 11.7 Å². The lowest BCUT2D eigenvalue weighted by molar-refractivity contribution is -0.136. The van der Waals surface area contributed by atoms with E-state index in [1.54, 1.807) is 7.11 Å². The highest BCUT2D eigenvalue weighted by Crippen LogP contribution is 2.32. The van der Waals surface area contributed by atoms with Gasteiger partial charge in [-0.3, -0.25) is 4.79 Å². The Morgan fingerprint density at radius 1 is 1.48 bits per heavy atom. The van der Waals surface area contributed by atoms with E-state index in [1.807, 2.05) is 17.9 Å². The summed E-state index contributed by atoms with van der Waals surface area (Å²) in [6, 6.07) is 1.94. The molecule has 1 aromatic rings. The first-order chi connectivity index (χ1) is 10.5. The first-order valence-corrected chi connectivity index (χ1v) is 8.05. The Morgan fingerprint density at radius 3 is 2.74 bits per heavy atom. The van der Waals surface area contributed by atoms with Crippen LogP contribution in [0.5, 0.6) is 0 Å². The average Bonchev–Trinajstić information content (AvgIpc) is 3.20. The van der Waals surface area contributed by atoms with Crippen LogP contribution in [0.2, 0.25) is 0 Å². The van der Waals surface area contributed by atoms with Gasteiger partial charge in [-0.15, -0.1) is 12.4 Å². The van der Waals surface area contributed by atoms with Gasteiger partial charge in [0.15, 0.2) is 0 Å². The number of hydrogen-bond acceptors (Lipinski definition) is 5. The van der Waals surface area contributed by atoms with Crippen molar-refractivity contribution in [1.82, 2.24) is 10.1 Å². The number of halogens is 1. The number of carbonyl (C=O) groups is 1. The van der Waals surface area contributed by atoms with Gasteiger partial charge in [-0.1, -0.05) is 18.0 Å². The second kappa shape index (κ2) is 7.20. The SMILES string of the molecule is CO[C@H]1CN(C(=O)C2(N)CCCC2)C[C@H]1Cc1cc(C)no1.Cl. The van der Waals surface area contributed by atoms with Crippen molar-refractivity contribution in [3.05, 3.63) is 17.5 Å². The van der Waals surface area contributed by atoms with Gasteiger partial charge >= 0.3 is 0 Å². The van der Waals surface area contributed by atoms with Crippen molar-refractivity contribution < 1.29 is 14.1 Å². The van der Waals surface area contributed by atoms with E-state index in [0.29, 0.717) is 13.1 Å². The molecule has 1 aliphatic heterocycles. The number of aromatic nitrogens is 1. The molecule has 2 heterocycles. The highest BCUT2D eigenvalue weighted by molar-refractivity contribution is 5.86. The summed E-state index contributed by atoms with van der Waals surface area (Å²) in [6.07, 6.45) is 4.45.